The van der Waals surface area contributed by atoms with Crippen LogP contribution in [0.2, 0.25) is 10.0 Å². The zero-order valence-electron chi connectivity index (χ0n) is 16.8. The molecule has 0 fully saturated rings. The van der Waals surface area contributed by atoms with Crippen molar-refractivity contribution in [1.82, 2.24) is 9.97 Å². The lowest BCUT2D eigenvalue weighted by Gasteiger charge is -2.06. The van der Waals surface area contributed by atoms with Crippen molar-refractivity contribution in [1.29, 1.82) is 0 Å². The van der Waals surface area contributed by atoms with Crippen molar-refractivity contribution in [3.05, 3.63) is 42.7 Å². The molecule has 4 heterocycles. The summed E-state index contributed by atoms with van der Waals surface area (Å²) in [7, 11) is 0. The molecule has 0 N–H and O–H groups in total. The Labute approximate surface area is 193 Å². The topological polar surface area (TPSA) is 25.8 Å². The van der Waals surface area contributed by atoms with Crippen LogP contribution < -0.4 is 0 Å². The Morgan fingerprint density at radius 1 is 0.759 bits per heavy atom. The van der Waals surface area contributed by atoms with E-state index in [-0.39, 0.29) is 0 Å². The van der Waals surface area contributed by atoms with Gasteiger partial charge in [-0.1, -0.05) is 50.9 Å². The molecule has 29 heavy (non-hydrogen) atoms. The average Bonchev–Trinajstić information content (AvgIpc) is 3.33. The molecule has 4 aromatic rings. The van der Waals surface area contributed by atoms with Crippen LogP contribution in [0.4, 0.5) is 0 Å². The summed E-state index contributed by atoms with van der Waals surface area (Å²) in [5.41, 5.74) is 3.64. The lowest BCUT2D eigenvalue weighted by Crippen LogP contribution is -1.92. The Kier molecular flexibility index (Phi) is 6.33. The highest BCUT2D eigenvalue weighted by molar-refractivity contribution is 7.17. The fraction of sp³-hybridized carbons (Fsp3) is 0.364. The third-order valence-electron chi connectivity index (χ3n) is 4.48. The molecule has 4 aromatic heterocycles. The van der Waals surface area contributed by atoms with Crippen LogP contribution >= 0.6 is 57.2 Å². The summed E-state index contributed by atoms with van der Waals surface area (Å²) >= 11 is 18.2. The van der Waals surface area contributed by atoms with Crippen molar-refractivity contribution in [3.8, 4) is 21.1 Å². The van der Waals surface area contributed by atoms with Gasteiger partial charge in [-0.15, -0.1) is 34.0 Å². The van der Waals surface area contributed by atoms with Crippen molar-refractivity contribution in [2.24, 2.45) is 11.8 Å². The molecule has 0 atom stereocenters. The summed E-state index contributed by atoms with van der Waals surface area (Å²) in [5.74, 6) is 1.11. The van der Waals surface area contributed by atoms with E-state index >= 15 is 0 Å². The highest BCUT2D eigenvalue weighted by atomic mass is 35.5. The standard InChI is InChI=1S/C22H22Cl2N2S3/c1-11(2)5-17-13(23)7-19(28-17)21-22(26-16-10-27-9-15(16)25-21)20-8-14(24)18(29-20)6-12(3)4/h7-12H,5-6H2,1-4H3. The second-order valence-corrected chi connectivity index (χ2v) is 11.9. The van der Waals surface area contributed by atoms with Crippen LogP contribution in [0.3, 0.4) is 0 Å². The first-order chi connectivity index (χ1) is 13.8. The zero-order valence-corrected chi connectivity index (χ0v) is 20.7. The minimum atomic E-state index is 0.554. The van der Waals surface area contributed by atoms with E-state index in [0.29, 0.717) is 11.8 Å². The molecule has 0 bridgehead atoms. The normalized spacial score (nSPS) is 12.0. The van der Waals surface area contributed by atoms with Crippen molar-refractivity contribution in [3.63, 3.8) is 0 Å². The molecule has 4 rings (SSSR count). The lowest BCUT2D eigenvalue weighted by atomic mass is 10.1. The third kappa shape index (κ3) is 4.54. The summed E-state index contributed by atoms with van der Waals surface area (Å²) < 4.78 is 0. The second kappa shape index (κ2) is 8.64. The zero-order chi connectivity index (χ0) is 20.7. The Balaban J connectivity index is 1.86. The first-order valence-corrected chi connectivity index (χ1v) is 13.0. The van der Waals surface area contributed by atoms with Gasteiger partial charge in [-0.05, 0) is 36.8 Å². The average molecular weight is 482 g/mol. The maximum Gasteiger partial charge on any atom is 0.108 e. The summed E-state index contributed by atoms with van der Waals surface area (Å²) in [4.78, 5) is 14.5. The van der Waals surface area contributed by atoms with E-state index in [1.165, 1.54) is 9.75 Å². The fourth-order valence-corrected chi connectivity index (χ4v) is 7.12. The molecular weight excluding hydrogens is 459 g/mol. The van der Waals surface area contributed by atoms with Gasteiger partial charge >= 0.3 is 0 Å². The monoisotopic (exact) mass is 480 g/mol. The summed E-state index contributed by atoms with van der Waals surface area (Å²) in [6.07, 6.45) is 1.94. The highest BCUT2D eigenvalue weighted by Crippen LogP contribution is 2.43. The van der Waals surface area contributed by atoms with E-state index < -0.39 is 0 Å². The number of thiophene rings is 3. The maximum atomic E-state index is 6.57. The predicted molar refractivity (Wildman–Crippen MR) is 131 cm³/mol. The van der Waals surface area contributed by atoms with Crippen LogP contribution in [0.15, 0.2) is 22.9 Å². The molecule has 0 radical (unpaired) electrons. The van der Waals surface area contributed by atoms with E-state index in [1.54, 1.807) is 34.0 Å². The quantitative estimate of drug-likeness (QED) is 0.275. The number of hydrogen-bond acceptors (Lipinski definition) is 5. The number of aromatic nitrogens is 2. The molecule has 152 valence electrons. The van der Waals surface area contributed by atoms with Gasteiger partial charge in [0.1, 0.15) is 22.4 Å². The van der Waals surface area contributed by atoms with Crippen molar-refractivity contribution in [2.75, 3.05) is 0 Å². The number of halogens is 2. The fourth-order valence-electron chi connectivity index (χ4n) is 3.21. The summed E-state index contributed by atoms with van der Waals surface area (Å²) in [6.45, 7) is 8.84. The Bertz CT molecular complexity index is 1070. The van der Waals surface area contributed by atoms with Gasteiger partial charge in [0.25, 0.3) is 0 Å². The van der Waals surface area contributed by atoms with Crippen molar-refractivity contribution in [2.45, 2.75) is 40.5 Å². The SMILES string of the molecule is CC(C)Cc1sc(-c2nc3cscc3nc2-c2cc(Cl)c(CC(C)C)s2)cc1Cl. The molecular formula is C22H22Cl2N2S3. The molecule has 0 amide bonds. The largest absolute Gasteiger partial charge is 0.242 e. The Morgan fingerprint density at radius 3 is 1.55 bits per heavy atom. The van der Waals surface area contributed by atoms with E-state index in [9.17, 15) is 0 Å². The molecule has 0 saturated carbocycles. The van der Waals surface area contributed by atoms with Gasteiger partial charge in [-0.2, -0.15) is 0 Å². The Hall–Kier alpha value is -0.980. The van der Waals surface area contributed by atoms with Crippen LogP contribution in [-0.4, -0.2) is 9.97 Å². The van der Waals surface area contributed by atoms with Crippen LogP contribution in [0.1, 0.15) is 37.4 Å². The molecule has 0 saturated heterocycles. The van der Waals surface area contributed by atoms with Gasteiger partial charge in [0, 0.05) is 20.5 Å². The van der Waals surface area contributed by atoms with Crippen LogP contribution in [0.25, 0.3) is 32.2 Å². The first-order valence-electron chi connectivity index (χ1n) is 9.63. The van der Waals surface area contributed by atoms with Crippen LogP contribution in [-0.2, 0) is 12.8 Å². The summed E-state index contributed by atoms with van der Waals surface area (Å²) in [5, 5.41) is 5.74. The minimum absolute atomic E-state index is 0.554. The van der Waals surface area contributed by atoms with E-state index in [0.717, 1.165) is 55.1 Å². The van der Waals surface area contributed by atoms with Gasteiger partial charge in [-0.25, -0.2) is 9.97 Å². The smallest absolute Gasteiger partial charge is 0.108 e. The molecule has 0 aliphatic carbocycles. The molecule has 7 heteroatoms. The van der Waals surface area contributed by atoms with Gasteiger partial charge in [0.2, 0.25) is 0 Å². The number of fused-ring (bicyclic) bond motifs is 1. The second-order valence-electron chi connectivity index (χ2n) is 8.02. The van der Waals surface area contributed by atoms with E-state index in [1.807, 2.05) is 22.9 Å². The highest BCUT2D eigenvalue weighted by Gasteiger charge is 2.20. The van der Waals surface area contributed by atoms with Gasteiger partial charge < -0.3 is 0 Å². The lowest BCUT2D eigenvalue weighted by molar-refractivity contribution is 0.654. The molecule has 0 aliphatic heterocycles. The van der Waals surface area contributed by atoms with Crippen LogP contribution in [0.5, 0.6) is 0 Å². The number of rotatable bonds is 6. The minimum Gasteiger partial charge on any atom is -0.242 e. The third-order valence-corrected chi connectivity index (χ3v) is 8.42. The molecule has 0 aliphatic rings. The predicted octanol–water partition coefficient (Wildman–Crippen LogP) is 8.85. The first kappa shape index (κ1) is 21.3. The molecule has 2 nitrogen and oxygen atoms in total. The molecule has 0 unspecified atom stereocenters. The summed E-state index contributed by atoms with van der Waals surface area (Å²) in [6, 6.07) is 4.08. The Morgan fingerprint density at radius 2 is 1.17 bits per heavy atom. The number of nitrogens with zero attached hydrogens (tertiary/aromatic N) is 2. The molecule has 0 aromatic carbocycles. The van der Waals surface area contributed by atoms with Crippen molar-refractivity contribution >= 4 is 68.2 Å². The van der Waals surface area contributed by atoms with Crippen molar-refractivity contribution < 1.29 is 0 Å². The number of hydrogen-bond donors (Lipinski definition) is 0. The van der Waals surface area contributed by atoms with Gasteiger partial charge in [-0.3, -0.25) is 0 Å². The molecule has 0 spiro atoms. The van der Waals surface area contributed by atoms with Gasteiger partial charge in [0.15, 0.2) is 0 Å². The van der Waals surface area contributed by atoms with Gasteiger partial charge in [0.05, 0.1) is 19.8 Å². The van der Waals surface area contributed by atoms with E-state index in [4.69, 9.17) is 33.2 Å². The van der Waals surface area contributed by atoms with E-state index in [2.05, 4.69) is 27.7 Å². The maximum absolute atomic E-state index is 6.57. The van der Waals surface area contributed by atoms with Crippen LogP contribution in [0, 0.1) is 11.8 Å².